The van der Waals surface area contributed by atoms with Crippen LogP contribution in [0, 0.1) is 0 Å². The van der Waals surface area contributed by atoms with E-state index in [1.54, 1.807) is 0 Å². The first-order valence-corrected chi connectivity index (χ1v) is 7.58. The van der Waals surface area contributed by atoms with E-state index in [9.17, 15) is 4.79 Å². The molecule has 0 aromatic carbocycles. The van der Waals surface area contributed by atoms with Gasteiger partial charge in [0.1, 0.15) is 0 Å². The van der Waals surface area contributed by atoms with Crippen LogP contribution in [0.2, 0.25) is 0 Å². The minimum absolute atomic E-state index is 0.0485. The molecule has 2 aliphatic rings. The van der Waals surface area contributed by atoms with Crippen LogP contribution < -0.4 is 5.32 Å². The first kappa shape index (κ1) is 13.2. The van der Waals surface area contributed by atoms with Gasteiger partial charge in [-0.15, -0.1) is 0 Å². The molecule has 2 aliphatic heterocycles. The lowest BCUT2D eigenvalue weighted by Gasteiger charge is -2.37. The molecule has 5 heteroatoms. The van der Waals surface area contributed by atoms with Gasteiger partial charge >= 0.3 is 0 Å². The smallest absolute Gasteiger partial charge is 0.239 e. The van der Waals surface area contributed by atoms with Gasteiger partial charge in [-0.1, -0.05) is 6.92 Å². The van der Waals surface area contributed by atoms with E-state index in [4.69, 9.17) is 0 Å². The predicted octanol–water partition coefficient (Wildman–Crippen LogP) is 0.244. The number of carbonyl (C=O) groups is 1. The summed E-state index contributed by atoms with van der Waals surface area (Å²) in [4.78, 5) is 16.7. The van der Waals surface area contributed by atoms with Gasteiger partial charge in [-0.2, -0.15) is 11.8 Å². The molecule has 0 aromatic heterocycles. The SMILES string of the molecule is CC1CN(C(=O)C(C)N2CCNCC2)CCS1. The molecule has 2 heterocycles. The van der Waals surface area contributed by atoms with Crippen molar-refractivity contribution in [3.63, 3.8) is 0 Å². The molecular formula is C12H23N3OS. The largest absolute Gasteiger partial charge is 0.339 e. The Morgan fingerprint density at radius 2 is 2.06 bits per heavy atom. The maximum Gasteiger partial charge on any atom is 0.239 e. The molecule has 2 atom stereocenters. The topological polar surface area (TPSA) is 35.6 Å². The molecule has 0 aliphatic carbocycles. The van der Waals surface area contributed by atoms with Gasteiger partial charge in [-0.05, 0) is 6.92 Å². The lowest BCUT2D eigenvalue weighted by Crippen LogP contribution is -2.55. The highest BCUT2D eigenvalue weighted by Gasteiger charge is 2.29. The number of thioether (sulfide) groups is 1. The summed E-state index contributed by atoms with van der Waals surface area (Å²) in [5.74, 6) is 1.40. The van der Waals surface area contributed by atoms with Gasteiger partial charge in [0, 0.05) is 50.3 Å². The van der Waals surface area contributed by atoms with Crippen LogP contribution in [0.4, 0.5) is 0 Å². The normalized spacial score (nSPS) is 29.1. The number of carbonyl (C=O) groups excluding carboxylic acids is 1. The molecule has 98 valence electrons. The fourth-order valence-corrected chi connectivity index (χ4v) is 3.52. The molecule has 2 saturated heterocycles. The first-order chi connectivity index (χ1) is 8.18. The van der Waals surface area contributed by atoms with Crippen molar-refractivity contribution in [2.24, 2.45) is 0 Å². The van der Waals surface area contributed by atoms with E-state index >= 15 is 0 Å². The van der Waals surface area contributed by atoms with E-state index in [0.717, 1.165) is 45.0 Å². The van der Waals surface area contributed by atoms with Crippen molar-refractivity contribution in [1.82, 2.24) is 15.1 Å². The van der Waals surface area contributed by atoms with E-state index in [1.165, 1.54) is 0 Å². The molecule has 0 bridgehead atoms. The Balaban J connectivity index is 1.89. The Morgan fingerprint density at radius 3 is 2.71 bits per heavy atom. The fraction of sp³-hybridized carbons (Fsp3) is 0.917. The summed E-state index contributed by atoms with van der Waals surface area (Å²) in [6, 6.07) is 0.0485. The summed E-state index contributed by atoms with van der Waals surface area (Å²) in [5.41, 5.74) is 0. The summed E-state index contributed by atoms with van der Waals surface area (Å²) < 4.78 is 0. The van der Waals surface area contributed by atoms with Gasteiger partial charge in [-0.25, -0.2) is 0 Å². The Bertz CT molecular complexity index is 268. The van der Waals surface area contributed by atoms with E-state index in [0.29, 0.717) is 11.2 Å². The van der Waals surface area contributed by atoms with Crippen molar-refractivity contribution in [2.75, 3.05) is 45.0 Å². The number of rotatable bonds is 2. The molecular weight excluding hydrogens is 234 g/mol. The number of nitrogens with one attached hydrogen (secondary N) is 1. The highest BCUT2D eigenvalue weighted by molar-refractivity contribution is 7.99. The standard InChI is InChI=1S/C12H23N3OS/c1-10-9-15(7-8-17-10)12(16)11(2)14-5-3-13-4-6-14/h10-11,13H,3-9H2,1-2H3. The Labute approximate surface area is 108 Å². The zero-order valence-electron chi connectivity index (χ0n) is 10.8. The highest BCUT2D eigenvalue weighted by Crippen LogP contribution is 2.19. The fourth-order valence-electron chi connectivity index (χ4n) is 2.51. The van der Waals surface area contributed by atoms with Gasteiger partial charge in [0.25, 0.3) is 0 Å². The summed E-state index contributed by atoms with van der Waals surface area (Å²) in [5, 5.41) is 3.91. The second-order valence-corrected chi connectivity index (χ2v) is 6.47. The quantitative estimate of drug-likeness (QED) is 0.769. The van der Waals surface area contributed by atoms with Crippen LogP contribution in [0.1, 0.15) is 13.8 Å². The molecule has 0 saturated carbocycles. The molecule has 2 fully saturated rings. The van der Waals surface area contributed by atoms with E-state index in [-0.39, 0.29) is 6.04 Å². The zero-order valence-corrected chi connectivity index (χ0v) is 11.6. The van der Waals surface area contributed by atoms with Gasteiger partial charge in [-0.3, -0.25) is 9.69 Å². The summed E-state index contributed by atoms with van der Waals surface area (Å²) in [7, 11) is 0. The molecule has 17 heavy (non-hydrogen) atoms. The van der Waals surface area contributed by atoms with Gasteiger partial charge < -0.3 is 10.2 Å². The molecule has 0 aromatic rings. The molecule has 2 rings (SSSR count). The molecule has 4 nitrogen and oxygen atoms in total. The minimum atomic E-state index is 0.0485. The first-order valence-electron chi connectivity index (χ1n) is 6.53. The second-order valence-electron chi connectivity index (χ2n) is 4.93. The number of hydrogen-bond donors (Lipinski definition) is 1. The van der Waals surface area contributed by atoms with Crippen molar-refractivity contribution in [3.8, 4) is 0 Å². The van der Waals surface area contributed by atoms with Crippen LogP contribution in [-0.2, 0) is 4.79 Å². The van der Waals surface area contributed by atoms with Gasteiger partial charge in [0.2, 0.25) is 5.91 Å². The minimum Gasteiger partial charge on any atom is -0.339 e. The molecule has 1 N–H and O–H groups in total. The third-order valence-electron chi connectivity index (χ3n) is 3.61. The molecule has 0 radical (unpaired) electrons. The average Bonchev–Trinajstić information content (AvgIpc) is 2.38. The summed E-state index contributed by atoms with van der Waals surface area (Å²) in [6.45, 7) is 10.1. The highest BCUT2D eigenvalue weighted by atomic mass is 32.2. The third-order valence-corrected chi connectivity index (χ3v) is 4.75. The van der Waals surface area contributed by atoms with Gasteiger partial charge in [0.15, 0.2) is 0 Å². The average molecular weight is 257 g/mol. The summed E-state index contributed by atoms with van der Waals surface area (Å²) in [6.07, 6.45) is 0. The third kappa shape index (κ3) is 3.36. The van der Waals surface area contributed by atoms with Crippen LogP contribution in [-0.4, -0.2) is 72.0 Å². The maximum atomic E-state index is 12.4. The number of piperazine rings is 1. The molecule has 2 unspecified atom stereocenters. The second kappa shape index (κ2) is 6.07. The van der Waals surface area contributed by atoms with Crippen LogP contribution in [0.15, 0.2) is 0 Å². The Morgan fingerprint density at radius 1 is 1.35 bits per heavy atom. The van der Waals surface area contributed by atoms with Crippen molar-refractivity contribution < 1.29 is 4.79 Å². The van der Waals surface area contributed by atoms with Crippen molar-refractivity contribution >= 4 is 17.7 Å². The predicted molar refractivity (Wildman–Crippen MR) is 72.4 cm³/mol. The van der Waals surface area contributed by atoms with Crippen LogP contribution >= 0.6 is 11.8 Å². The van der Waals surface area contributed by atoms with Gasteiger partial charge in [0.05, 0.1) is 6.04 Å². The van der Waals surface area contributed by atoms with Crippen LogP contribution in [0.25, 0.3) is 0 Å². The van der Waals surface area contributed by atoms with E-state index in [1.807, 2.05) is 16.7 Å². The molecule has 0 spiro atoms. The lowest BCUT2D eigenvalue weighted by molar-refractivity contribution is -0.136. The van der Waals surface area contributed by atoms with Crippen molar-refractivity contribution in [1.29, 1.82) is 0 Å². The van der Waals surface area contributed by atoms with E-state index < -0.39 is 0 Å². The van der Waals surface area contributed by atoms with Crippen LogP contribution in [0.5, 0.6) is 0 Å². The lowest BCUT2D eigenvalue weighted by atomic mass is 10.2. The summed E-state index contributed by atoms with van der Waals surface area (Å²) >= 11 is 1.97. The molecule has 1 amide bonds. The van der Waals surface area contributed by atoms with E-state index in [2.05, 4.69) is 24.1 Å². The number of hydrogen-bond acceptors (Lipinski definition) is 4. The number of amides is 1. The Kier molecular flexibility index (Phi) is 4.70. The van der Waals surface area contributed by atoms with Crippen molar-refractivity contribution in [2.45, 2.75) is 25.1 Å². The van der Waals surface area contributed by atoms with Crippen molar-refractivity contribution in [3.05, 3.63) is 0 Å². The number of nitrogens with zero attached hydrogens (tertiary/aromatic N) is 2. The van der Waals surface area contributed by atoms with Crippen LogP contribution in [0.3, 0.4) is 0 Å². The Hall–Kier alpha value is -0.260. The monoisotopic (exact) mass is 257 g/mol. The maximum absolute atomic E-state index is 12.4. The zero-order chi connectivity index (χ0) is 12.3.